The van der Waals surface area contributed by atoms with E-state index in [1.165, 1.54) is 5.56 Å². The second-order valence-electron chi connectivity index (χ2n) is 6.29. The van der Waals surface area contributed by atoms with E-state index in [1.807, 2.05) is 54.4 Å². The first-order valence-electron chi connectivity index (χ1n) is 8.29. The predicted octanol–water partition coefficient (Wildman–Crippen LogP) is 3.91. The predicted molar refractivity (Wildman–Crippen MR) is 100 cm³/mol. The molecule has 0 saturated heterocycles. The molecular weight excluding hydrogens is 320 g/mol. The number of aryl methyl sites for hydroxylation is 1. The molecule has 0 aliphatic carbocycles. The molecule has 2 rings (SSSR count). The molecule has 24 heavy (non-hydrogen) atoms. The zero-order valence-corrected chi connectivity index (χ0v) is 15.1. The van der Waals surface area contributed by atoms with Crippen LogP contribution in [0.4, 0.5) is 0 Å². The van der Waals surface area contributed by atoms with Gasteiger partial charge in [0.2, 0.25) is 5.91 Å². The first-order chi connectivity index (χ1) is 11.5. The van der Waals surface area contributed by atoms with Gasteiger partial charge in [0.15, 0.2) is 0 Å². The quantitative estimate of drug-likeness (QED) is 0.787. The maximum absolute atomic E-state index is 12.1. The molecule has 0 fully saturated rings. The van der Waals surface area contributed by atoms with Gasteiger partial charge in [0.05, 0.1) is 6.54 Å². The Morgan fingerprint density at radius 1 is 1.08 bits per heavy atom. The molecule has 0 aliphatic heterocycles. The van der Waals surface area contributed by atoms with E-state index < -0.39 is 0 Å². The van der Waals surface area contributed by atoms with Crippen molar-refractivity contribution < 1.29 is 4.79 Å². The van der Waals surface area contributed by atoms with E-state index in [4.69, 9.17) is 11.6 Å². The van der Waals surface area contributed by atoms with Gasteiger partial charge in [0.25, 0.3) is 0 Å². The second kappa shape index (κ2) is 9.45. The molecule has 0 spiro atoms. The Bertz CT molecular complexity index is 628. The zero-order chi connectivity index (χ0) is 17.4. The number of nitrogens with zero attached hydrogens (tertiary/aromatic N) is 1. The van der Waals surface area contributed by atoms with Gasteiger partial charge in [-0.2, -0.15) is 0 Å². The number of hydrogen-bond acceptors (Lipinski definition) is 2. The zero-order valence-electron chi connectivity index (χ0n) is 14.3. The number of nitrogens with one attached hydrogen (secondary N) is 1. The largest absolute Gasteiger partial charge is 0.353 e. The molecule has 4 heteroatoms. The summed E-state index contributed by atoms with van der Waals surface area (Å²) in [6.07, 6.45) is 1.92. The number of benzene rings is 2. The summed E-state index contributed by atoms with van der Waals surface area (Å²) < 4.78 is 0. The Labute approximate surface area is 149 Å². The average molecular weight is 345 g/mol. The molecule has 2 aromatic rings. The van der Waals surface area contributed by atoms with Crippen LogP contribution in [0.25, 0.3) is 0 Å². The van der Waals surface area contributed by atoms with Crippen molar-refractivity contribution in [2.75, 3.05) is 13.6 Å². The fraction of sp³-hybridized carbons (Fsp3) is 0.350. The van der Waals surface area contributed by atoms with Crippen molar-refractivity contribution >= 4 is 17.5 Å². The van der Waals surface area contributed by atoms with E-state index in [2.05, 4.69) is 24.4 Å². The van der Waals surface area contributed by atoms with E-state index in [1.54, 1.807) is 0 Å². The van der Waals surface area contributed by atoms with Gasteiger partial charge in [-0.25, -0.2) is 0 Å². The monoisotopic (exact) mass is 344 g/mol. The van der Waals surface area contributed by atoms with Crippen LogP contribution in [0.3, 0.4) is 0 Å². The van der Waals surface area contributed by atoms with Crippen LogP contribution in [-0.2, 0) is 17.8 Å². The molecule has 128 valence electrons. The van der Waals surface area contributed by atoms with Crippen molar-refractivity contribution in [3.8, 4) is 0 Å². The second-order valence-corrected chi connectivity index (χ2v) is 6.73. The maximum atomic E-state index is 12.1. The Morgan fingerprint density at radius 2 is 1.75 bits per heavy atom. The smallest absolute Gasteiger partial charge is 0.234 e. The third-order valence-electron chi connectivity index (χ3n) is 3.90. The topological polar surface area (TPSA) is 32.3 Å². The maximum Gasteiger partial charge on any atom is 0.234 e. The van der Waals surface area contributed by atoms with Crippen LogP contribution in [0.1, 0.15) is 24.5 Å². The van der Waals surface area contributed by atoms with E-state index in [0.29, 0.717) is 6.54 Å². The molecule has 2 aromatic carbocycles. The lowest BCUT2D eigenvalue weighted by atomic mass is 10.1. The minimum atomic E-state index is 0.0621. The lowest BCUT2D eigenvalue weighted by Gasteiger charge is -2.19. The highest BCUT2D eigenvalue weighted by molar-refractivity contribution is 6.30. The van der Waals surface area contributed by atoms with Gasteiger partial charge in [-0.15, -0.1) is 0 Å². The number of hydrogen-bond donors (Lipinski definition) is 1. The Morgan fingerprint density at radius 3 is 2.42 bits per heavy atom. The summed E-state index contributed by atoms with van der Waals surface area (Å²) >= 11 is 5.89. The van der Waals surface area contributed by atoms with Gasteiger partial charge in [0, 0.05) is 17.6 Å². The molecule has 1 amide bonds. The number of amides is 1. The number of carbonyl (C=O) groups excluding carboxylic acids is 1. The van der Waals surface area contributed by atoms with Crippen LogP contribution in [0, 0.1) is 0 Å². The minimum absolute atomic E-state index is 0.0621. The van der Waals surface area contributed by atoms with Gasteiger partial charge < -0.3 is 5.32 Å². The normalized spacial score (nSPS) is 12.2. The molecule has 0 radical (unpaired) electrons. The van der Waals surface area contributed by atoms with Crippen LogP contribution in [0.5, 0.6) is 0 Å². The van der Waals surface area contributed by atoms with Crippen molar-refractivity contribution in [2.24, 2.45) is 0 Å². The first-order valence-corrected chi connectivity index (χ1v) is 8.67. The van der Waals surface area contributed by atoms with Gasteiger partial charge >= 0.3 is 0 Å². The summed E-state index contributed by atoms with van der Waals surface area (Å²) in [4.78, 5) is 14.1. The van der Waals surface area contributed by atoms with Gasteiger partial charge in [-0.05, 0) is 50.1 Å². The summed E-state index contributed by atoms with van der Waals surface area (Å²) in [5.74, 6) is 0.0621. The van der Waals surface area contributed by atoms with Crippen molar-refractivity contribution in [1.29, 1.82) is 0 Å². The molecule has 0 unspecified atom stereocenters. The molecular formula is C20H25ClN2O. The number of likely N-dealkylation sites (N-methyl/N-ethyl adjacent to an activating group) is 1. The van der Waals surface area contributed by atoms with Crippen LogP contribution < -0.4 is 5.32 Å². The van der Waals surface area contributed by atoms with Gasteiger partial charge in [0.1, 0.15) is 0 Å². The van der Waals surface area contributed by atoms with Crippen molar-refractivity contribution in [3.63, 3.8) is 0 Å². The number of rotatable bonds is 8. The lowest BCUT2D eigenvalue weighted by molar-refractivity contribution is -0.122. The van der Waals surface area contributed by atoms with E-state index >= 15 is 0 Å². The third kappa shape index (κ3) is 6.73. The highest BCUT2D eigenvalue weighted by atomic mass is 35.5. The Hall–Kier alpha value is -1.84. The highest BCUT2D eigenvalue weighted by Crippen LogP contribution is 2.11. The van der Waals surface area contributed by atoms with Gasteiger partial charge in [-0.1, -0.05) is 54.1 Å². The molecule has 0 heterocycles. The SMILES string of the molecule is C[C@H](CCc1ccccc1)NC(=O)CN(C)Cc1ccc(Cl)cc1. The van der Waals surface area contributed by atoms with Gasteiger partial charge in [-0.3, -0.25) is 9.69 Å². The molecule has 0 bridgehead atoms. The molecule has 3 nitrogen and oxygen atoms in total. The fourth-order valence-electron chi connectivity index (χ4n) is 2.62. The summed E-state index contributed by atoms with van der Waals surface area (Å²) in [7, 11) is 1.95. The van der Waals surface area contributed by atoms with Crippen LogP contribution >= 0.6 is 11.6 Å². The van der Waals surface area contributed by atoms with E-state index in [9.17, 15) is 4.79 Å². The number of halogens is 1. The molecule has 0 aliphatic rings. The summed E-state index contributed by atoms with van der Waals surface area (Å²) in [6, 6.07) is 18.2. The van der Waals surface area contributed by atoms with Crippen LogP contribution in [0.2, 0.25) is 5.02 Å². The Kier molecular flexibility index (Phi) is 7.29. The van der Waals surface area contributed by atoms with E-state index in [0.717, 1.165) is 30.0 Å². The standard InChI is InChI=1S/C20H25ClN2O/c1-16(8-9-17-6-4-3-5-7-17)22-20(24)15-23(2)14-18-10-12-19(21)13-11-18/h3-7,10-13,16H,8-9,14-15H2,1-2H3,(H,22,24)/t16-/m1/s1. The van der Waals surface area contributed by atoms with Crippen molar-refractivity contribution in [1.82, 2.24) is 10.2 Å². The molecule has 1 atom stereocenters. The van der Waals surface area contributed by atoms with Crippen molar-refractivity contribution in [2.45, 2.75) is 32.4 Å². The van der Waals surface area contributed by atoms with Crippen molar-refractivity contribution in [3.05, 3.63) is 70.7 Å². The van der Waals surface area contributed by atoms with E-state index in [-0.39, 0.29) is 11.9 Å². The van der Waals surface area contributed by atoms with Crippen LogP contribution in [0.15, 0.2) is 54.6 Å². The number of carbonyl (C=O) groups is 1. The molecule has 1 N–H and O–H groups in total. The average Bonchev–Trinajstić information content (AvgIpc) is 2.56. The lowest BCUT2D eigenvalue weighted by Crippen LogP contribution is -2.39. The summed E-state index contributed by atoms with van der Waals surface area (Å²) in [6.45, 7) is 3.17. The van der Waals surface area contributed by atoms with Crippen LogP contribution in [-0.4, -0.2) is 30.4 Å². The third-order valence-corrected chi connectivity index (χ3v) is 4.15. The first kappa shape index (κ1) is 18.5. The molecule has 0 saturated carbocycles. The summed E-state index contributed by atoms with van der Waals surface area (Å²) in [5.41, 5.74) is 2.45. The fourth-order valence-corrected chi connectivity index (χ4v) is 2.75. The minimum Gasteiger partial charge on any atom is -0.353 e. The summed E-state index contributed by atoms with van der Waals surface area (Å²) in [5, 5.41) is 3.80. The highest BCUT2D eigenvalue weighted by Gasteiger charge is 2.10. The molecule has 0 aromatic heterocycles. The Balaban J connectivity index is 1.70.